The van der Waals surface area contributed by atoms with E-state index in [0.717, 1.165) is 0 Å². The quantitative estimate of drug-likeness (QED) is 0.651. The molecule has 1 aliphatic carbocycles. The molecule has 1 aliphatic rings. The first-order valence-corrected chi connectivity index (χ1v) is 6.64. The highest BCUT2D eigenvalue weighted by atomic mass is 16.3. The highest BCUT2D eigenvalue weighted by Gasteiger charge is 2.60. The van der Waals surface area contributed by atoms with Crippen LogP contribution in [-0.2, 0) is 10.4 Å². The van der Waals surface area contributed by atoms with Gasteiger partial charge in [-0.1, -0.05) is 42.2 Å². The second kappa shape index (κ2) is 5.44. The number of allylic oxidation sites excluding steroid dienone is 1. The van der Waals surface area contributed by atoms with Crippen molar-refractivity contribution in [3.05, 3.63) is 47.5 Å². The minimum atomic E-state index is -1.55. The number of hydrogen-bond donors (Lipinski definition) is 2. The summed E-state index contributed by atoms with van der Waals surface area (Å²) in [6.07, 6.45) is 2.40. The highest BCUT2D eigenvalue weighted by Crippen LogP contribution is 2.57. The predicted molar refractivity (Wildman–Crippen MR) is 78.3 cm³/mol. The van der Waals surface area contributed by atoms with Crippen LogP contribution in [0.25, 0.3) is 0 Å². The fourth-order valence-electron chi connectivity index (χ4n) is 2.27. The number of benzene rings is 1. The normalized spacial score (nSPS) is 18.6. The molecule has 0 heterocycles. The molecule has 1 amide bonds. The molecule has 0 aliphatic heterocycles. The first kappa shape index (κ1) is 14.8. The summed E-state index contributed by atoms with van der Waals surface area (Å²) in [7, 11) is 0. The maximum atomic E-state index is 11.0. The number of nitriles is 1. The first-order valence-electron chi connectivity index (χ1n) is 6.64. The predicted octanol–water partition coefficient (Wildman–Crippen LogP) is 1.61. The minimum Gasteiger partial charge on any atom is -0.372 e. The zero-order valence-electron chi connectivity index (χ0n) is 11.8. The smallest absolute Gasteiger partial charge is 0.242 e. The molecule has 0 aromatic heterocycles. The third-order valence-corrected chi connectivity index (χ3v) is 3.65. The Morgan fingerprint density at radius 3 is 2.52 bits per heavy atom. The van der Waals surface area contributed by atoms with E-state index in [2.05, 4.69) is 17.9 Å². The second-order valence-corrected chi connectivity index (χ2v) is 5.25. The Morgan fingerprint density at radius 2 is 2.05 bits per heavy atom. The molecule has 0 unspecified atom stereocenters. The van der Waals surface area contributed by atoms with E-state index in [1.807, 2.05) is 6.07 Å². The molecule has 3 N–H and O–H groups in total. The van der Waals surface area contributed by atoms with E-state index in [-0.39, 0.29) is 0 Å². The van der Waals surface area contributed by atoms with Crippen molar-refractivity contribution in [1.82, 2.24) is 0 Å². The van der Waals surface area contributed by atoms with E-state index in [9.17, 15) is 15.2 Å². The summed E-state index contributed by atoms with van der Waals surface area (Å²) in [5, 5.41) is 20.4. The Labute approximate surface area is 123 Å². The van der Waals surface area contributed by atoms with E-state index in [4.69, 9.17) is 5.73 Å². The van der Waals surface area contributed by atoms with Crippen molar-refractivity contribution in [2.45, 2.75) is 25.4 Å². The summed E-state index contributed by atoms with van der Waals surface area (Å²) in [5.74, 6) is 4.93. The van der Waals surface area contributed by atoms with Crippen LogP contribution < -0.4 is 5.73 Å². The summed E-state index contributed by atoms with van der Waals surface area (Å²) in [6, 6.07) is 11.1. The van der Waals surface area contributed by atoms with Gasteiger partial charge in [-0.3, -0.25) is 4.79 Å². The summed E-state index contributed by atoms with van der Waals surface area (Å²) in [4.78, 5) is 10.8. The van der Waals surface area contributed by atoms with E-state index in [1.165, 1.54) is 6.08 Å². The summed E-state index contributed by atoms with van der Waals surface area (Å²) in [6.45, 7) is 1.63. The van der Waals surface area contributed by atoms with Crippen LogP contribution in [0.5, 0.6) is 0 Å². The van der Waals surface area contributed by atoms with Crippen molar-refractivity contribution < 1.29 is 9.90 Å². The zero-order valence-corrected chi connectivity index (χ0v) is 11.8. The molecule has 1 saturated carbocycles. The Kier molecular flexibility index (Phi) is 3.84. The number of hydrogen-bond acceptors (Lipinski definition) is 3. The van der Waals surface area contributed by atoms with Crippen molar-refractivity contribution in [2.24, 2.45) is 11.1 Å². The van der Waals surface area contributed by atoms with Gasteiger partial charge in [0.15, 0.2) is 5.60 Å². The van der Waals surface area contributed by atoms with Crippen LogP contribution in [0.15, 0.2) is 42.0 Å². The molecular formula is C17H16N2O2. The minimum absolute atomic E-state index is 0.450. The van der Waals surface area contributed by atoms with Crippen molar-refractivity contribution >= 4 is 5.91 Å². The van der Waals surface area contributed by atoms with Gasteiger partial charge >= 0.3 is 0 Å². The number of nitrogens with two attached hydrogens (primary N) is 1. The van der Waals surface area contributed by atoms with E-state index >= 15 is 0 Å². The molecule has 4 nitrogen and oxygen atoms in total. The van der Waals surface area contributed by atoms with Gasteiger partial charge in [0.05, 0.1) is 6.07 Å². The standard InChI is InChI=1S/C17H16N2O2/c1-13(11-15(19)20)7-8-17(21,16(12-18)9-10-16)14-5-3-2-4-6-14/h2-6,11,21H,9-10H2,1H3,(H2,19,20)/b13-11+/t17-/m1/s1. The highest BCUT2D eigenvalue weighted by molar-refractivity contribution is 5.87. The Bertz CT molecular complexity index is 685. The lowest BCUT2D eigenvalue weighted by Gasteiger charge is -2.27. The van der Waals surface area contributed by atoms with Gasteiger partial charge in [0, 0.05) is 11.6 Å². The van der Waals surface area contributed by atoms with Crippen LogP contribution in [-0.4, -0.2) is 11.0 Å². The Morgan fingerprint density at radius 1 is 1.43 bits per heavy atom. The van der Waals surface area contributed by atoms with Crippen molar-refractivity contribution in [2.75, 3.05) is 0 Å². The van der Waals surface area contributed by atoms with Gasteiger partial charge < -0.3 is 10.8 Å². The average molecular weight is 280 g/mol. The van der Waals surface area contributed by atoms with Crippen LogP contribution in [0.4, 0.5) is 0 Å². The second-order valence-electron chi connectivity index (χ2n) is 5.25. The summed E-state index contributed by atoms with van der Waals surface area (Å²) >= 11 is 0. The van der Waals surface area contributed by atoms with E-state index in [0.29, 0.717) is 24.0 Å². The summed E-state index contributed by atoms with van der Waals surface area (Å²) in [5.41, 5.74) is 3.68. The zero-order chi connectivity index (χ0) is 15.5. The lowest BCUT2D eigenvalue weighted by molar-refractivity contribution is -0.113. The lowest BCUT2D eigenvalue weighted by atomic mass is 9.79. The average Bonchev–Trinajstić information content (AvgIpc) is 3.26. The fraction of sp³-hybridized carbons (Fsp3) is 0.294. The number of aliphatic hydroxyl groups is 1. The largest absolute Gasteiger partial charge is 0.372 e. The van der Waals surface area contributed by atoms with Crippen LogP contribution in [0.3, 0.4) is 0 Å². The molecule has 1 fully saturated rings. The van der Waals surface area contributed by atoms with Crippen molar-refractivity contribution in [3.8, 4) is 17.9 Å². The van der Waals surface area contributed by atoms with Gasteiger partial charge in [0.25, 0.3) is 0 Å². The van der Waals surface area contributed by atoms with Gasteiger partial charge in [-0.2, -0.15) is 5.26 Å². The monoisotopic (exact) mass is 280 g/mol. The number of carbonyl (C=O) groups is 1. The van der Waals surface area contributed by atoms with Crippen molar-refractivity contribution in [3.63, 3.8) is 0 Å². The molecule has 1 aromatic carbocycles. The number of carbonyl (C=O) groups excluding carboxylic acids is 1. The van der Waals surface area contributed by atoms with Crippen LogP contribution >= 0.6 is 0 Å². The number of primary amides is 1. The molecule has 4 heteroatoms. The van der Waals surface area contributed by atoms with Crippen LogP contribution in [0.2, 0.25) is 0 Å². The maximum absolute atomic E-state index is 11.0. The van der Waals surface area contributed by atoms with E-state index < -0.39 is 16.9 Å². The maximum Gasteiger partial charge on any atom is 0.242 e. The van der Waals surface area contributed by atoms with E-state index in [1.54, 1.807) is 31.2 Å². The number of nitrogens with zero attached hydrogens (tertiary/aromatic N) is 1. The molecule has 106 valence electrons. The number of rotatable bonds is 3. The Balaban J connectivity index is 2.48. The van der Waals surface area contributed by atoms with Gasteiger partial charge in [-0.25, -0.2) is 0 Å². The third-order valence-electron chi connectivity index (χ3n) is 3.65. The molecule has 0 bridgehead atoms. The van der Waals surface area contributed by atoms with Crippen LogP contribution in [0, 0.1) is 28.6 Å². The van der Waals surface area contributed by atoms with Gasteiger partial charge in [-0.05, 0) is 25.3 Å². The van der Waals surface area contributed by atoms with Gasteiger partial charge in [0.1, 0.15) is 5.41 Å². The molecule has 1 atom stereocenters. The summed E-state index contributed by atoms with van der Waals surface area (Å²) < 4.78 is 0. The third kappa shape index (κ3) is 2.81. The van der Waals surface area contributed by atoms with Gasteiger partial charge in [-0.15, -0.1) is 0 Å². The molecule has 2 rings (SSSR count). The molecule has 21 heavy (non-hydrogen) atoms. The topological polar surface area (TPSA) is 87.1 Å². The molecule has 0 saturated heterocycles. The SMILES string of the molecule is C/C(C#C[C@@](O)(c1ccccc1)C1(C#N)CC1)=C\C(N)=O. The van der Waals surface area contributed by atoms with Crippen LogP contribution in [0.1, 0.15) is 25.3 Å². The Hall–Kier alpha value is -2.56. The van der Waals surface area contributed by atoms with Crippen molar-refractivity contribution in [1.29, 1.82) is 5.26 Å². The van der Waals surface area contributed by atoms with Gasteiger partial charge in [0.2, 0.25) is 5.91 Å². The number of amides is 1. The molecule has 0 radical (unpaired) electrons. The lowest BCUT2D eigenvalue weighted by Crippen LogP contribution is -2.34. The first-order chi connectivity index (χ1) is 9.93. The molecule has 0 spiro atoms. The fourth-order valence-corrected chi connectivity index (χ4v) is 2.27. The molecular weight excluding hydrogens is 264 g/mol. The molecule has 1 aromatic rings.